The zero-order valence-electron chi connectivity index (χ0n) is 13.0. The van der Waals surface area contributed by atoms with E-state index in [1.165, 1.54) is 0 Å². The Balaban J connectivity index is 1.77. The van der Waals surface area contributed by atoms with Gasteiger partial charge in [0.15, 0.2) is 0 Å². The fraction of sp³-hybridized carbons (Fsp3) is 0.562. The third-order valence-electron chi connectivity index (χ3n) is 3.87. The van der Waals surface area contributed by atoms with Crippen LogP contribution in [0.2, 0.25) is 0 Å². The van der Waals surface area contributed by atoms with Gasteiger partial charge in [0.05, 0.1) is 6.10 Å². The smallest absolute Gasteiger partial charge is 0.317 e. The Morgan fingerprint density at radius 3 is 2.43 bits per heavy atom. The molecule has 0 radical (unpaired) electrons. The zero-order valence-corrected chi connectivity index (χ0v) is 13.0. The van der Waals surface area contributed by atoms with E-state index in [2.05, 4.69) is 5.32 Å². The van der Waals surface area contributed by atoms with E-state index in [1.54, 1.807) is 11.9 Å². The van der Waals surface area contributed by atoms with Crippen LogP contribution in [-0.4, -0.2) is 49.8 Å². The Kier molecular flexibility index (Phi) is 5.07. The van der Waals surface area contributed by atoms with Gasteiger partial charge in [0.25, 0.3) is 0 Å². The number of benzene rings is 1. The van der Waals surface area contributed by atoms with E-state index in [0.29, 0.717) is 19.0 Å². The lowest BCUT2D eigenvalue weighted by molar-refractivity contribution is 0.113. The molecule has 0 spiro atoms. The number of amides is 2. The SMILES string of the molecule is CN(CC(O)C1CC1)C(=O)NCc1ccc(N(C)C)cc1. The van der Waals surface area contributed by atoms with Gasteiger partial charge < -0.3 is 20.2 Å². The Morgan fingerprint density at radius 1 is 1.29 bits per heavy atom. The summed E-state index contributed by atoms with van der Waals surface area (Å²) < 4.78 is 0. The lowest BCUT2D eigenvalue weighted by atomic mass is 10.2. The summed E-state index contributed by atoms with van der Waals surface area (Å²) in [6, 6.07) is 7.93. The van der Waals surface area contributed by atoms with Gasteiger partial charge in [-0.25, -0.2) is 4.79 Å². The molecule has 2 N–H and O–H groups in total. The molecule has 116 valence electrons. The molecule has 0 saturated heterocycles. The minimum absolute atomic E-state index is 0.147. The first-order valence-corrected chi connectivity index (χ1v) is 7.40. The fourth-order valence-corrected chi connectivity index (χ4v) is 2.22. The van der Waals surface area contributed by atoms with Crippen molar-refractivity contribution in [2.24, 2.45) is 5.92 Å². The van der Waals surface area contributed by atoms with Crippen molar-refractivity contribution < 1.29 is 9.90 Å². The third kappa shape index (κ3) is 4.63. The van der Waals surface area contributed by atoms with E-state index in [9.17, 15) is 9.90 Å². The maximum absolute atomic E-state index is 12.0. The highest BCUT2D eigenvalue weighted by molar-refractivity contribution is 5.73. The summed E-state index contributed by atoms with van der Waals surface area (Å²) in [4.78, 5) is 15.6. The highest BCUT2D eigenvalue weighted by Gasteiger charge is 2.31. The number of aliphatic hydroxyl groups excluding tert-OH is 1. The van der Waals surface area contributed by atoms with Crippen molar-refractivity contribution >= 4 is 11.7 Å². The first kappa shape index (κ1) is 15.6. The average molecular weight is 291 g/mol. The van der Waals surface area contributed by atoms with Crippen LogP contribution in [0, 0.1) is 5.92 Å². The number of likely N-dealkylation sites (N-methyl/N-ethyl adjacent to an activating group) is 1. The van der Waals surface area contributed by atoms with Crippen LogP contribution in [0.3, 0.4) is 0 Å². The summed E-state index contributed by atoms with van der Waals surface area (Å²) in [5, 5.41) is 12.7. The second kappa shape index (κ2) is 6.80. The summed E-state index contributed by atoms with van der Waals surface area (Å²) >= 11 is 0. The monoisotopic (exact) mass is 291 g/mol. The van der Waals surface area contributed by atoms with Crippen molar-refractivity contribution in [1.82, 2.24) is 10.2 Å². The van der Waals surface area contributed by atoms with Crippen LogP contribution in [0.15, 0.2) is 24.3 Å². The molecule has 1 unspecified atom stereocenters. The van der Waals surface area contributed by atoms with Crippen molar-refractivity contribution in [2.45, 2.75) is 25.5 Å². The Morgan fingerprint density at radius 2 is 1.90 bits per heavy atom. The van der Waals surface area contributed by atoms with E-state index >= 15 is 0 Å². The summed E-state index contributed by atoms with van der Waals surface area (Å²) in [6.07, 6.45) is 1.77. The first-order valence-electron chi connectivity index (χ1n) is 7.40. The predicted molar refractivity (Wildman–Crippen MR) is 84.4 cm³/mol. The van der Waals surface area contributed by atoms with Gasteiger partial charge in [-0.05, 0) is 36.5 Å². The van der Waals surface area contributed by atoms with Gasteiger partial charge in [-0.1, -0.05) is 12.1 Å². The van der Waals surface area contributed by atoms with Crippen molar-refractivity contribution in [1.29, 1.82) is 0 Å². The van der Waals surface area contributed by atoms with Crippen molar-refractivity contribution in [2.75, 3.05) is 32.6 Å². The molecule has 0 aromatic heterocycles. The molecule has 1 aromatic carbocycles. The van der Waals surface area contributed by atoms with Gasteiger partial charge in [-0.2, -0.15) is 0 Å². The highest BCUT2D eigenvalue weighted by Crippen LogP contribution is 2.32. The Bertz CT molecular complexity index is 469. The Labute approximate surface area is 126 Å². The Hall–Kier alpha value is -1.75. The molecule has 1 fully saturated rings. The predicted octanol–water partition coefficient (Wildman–Crippen LogP) is 1.66. The van der Waals surface area contributed by atoms with Crippen LogP contribution < -0.4 is 10.2 Å². The van der Waals surface area contributed by atoms with E-state index in [-0.39, 0.29) is 12.1 Å². The maximum atomic E-state index is 12.0. The first-order chi connectivity index (χ1) is 9.97. The number of urea groups is 1. The van der Waals surface area contributed by atoms with Crippen LogP contribution in [0.25, 0.3) is 0 Å². The number of hydrogen-bond acceptors (Lipinski definition) is 3. The van der Waals surface area contributed by atoms with Gasteiger partial charge in [0, 0.05) is 39.9 Å². The van der Waals surface area contributed by atoms with Gasteiger partial charge in [-0.15, -0.1) is 0 Å². The number of nitrogens with zero attached hydrogens (tertiary/aromatic N) is 2. The highest BCUT2D eigenvalue weighted by atomic mass is 16.3. The van der Waals surface area contributed by atoms with Crippen molar-refractivity contribution in [3.05, 3.63) is 29.8 Å². The zero-order chi connectivity index (χ0) is 15.4. The van der Waals surface area contributed by atoms with E-state index in [0.717, 1.165) is 24.1 Å². The molecular weight excluding hydrogens is 266 g/mol. The third-order valence-corrected chi connectivity index (χ3v) is 3.87. The van der Waals surface area contributed by atoms with Crippen LogP contribution >= 0.6 is 0 Å². The van der Waals surface area contributed by atoms with Crippen LogP contribution in [0.1, 0.15) is 18.4 Å². The normalized spacial score (nSPS) is 15.4. The number of rotatable bonds is 6. The number of carbonyl (C=O) groups excluding carboxylic acids is 1. The van der Waals surface area contributed by atoms with Crippen LogP contribution in [0.5, 0.6) is 0 Å². The van der Waals surface area contributed by atoms with E-state index in [4.69, 9.17) is 0 Å². The molecule has 2 rings (SSSR count). The molecular formula is C16H25N3O2. The van der Waals surface area contributed by atoms with Crippen molar-refractivity contribution in [3.8, 4) is 0 Å². The molecule has 1 aliphatic carbocycles. The van der Waals surface area contributed by atoms with E-state index < -0.39 is 0 Å². The summed E-state index contributed by atoms with van der Waals surface area (Å²) in [5.41, 5.74) is 2.19. The second-order valence-electron chi connectivity index (χ2n) is 6.00. The lowest BCUT2D eigenvalue weighted by Gasteiger charge is -2.21. The van der Waals surface area contributed by atoms with Gasteiger partial charge in [0.2, 0.25) is 0 Å². The largest absolute Gasteiger partial charge is 0.391 e. The summed E-state index contributed by atoms with van der Waals surface area (Å²) in [5.74, 6) is 0.388. The number of nitrogens with one attached hydrogen (secondary N) is 1. The number of carbonyl (C=O) groups is 1. The molecule has 1 saturated carbocycles. The lowest BCUT2D eigenvalue weighted by Crippen LogP contribution is -2.41. The molecule has 0 heterocycles. The fourth-order valence-electron chi connectivity index (χ4n) is 2.22. The van der Waals surface area contributed by atoms with E-state index in [1.807, 2.05) is 43.3 Å². The van der Waals surface area contributed by atoms with Crippen molar-refractivity contribution in [3.63, 3.8) is 0 Å². The number of anilines is 1. The topological polar surface area (TPSA) is 55.8 Å². The number of hydrogen-bond donors (Lipinski definition) is 2. The molecule has 21 heavy (non-hydrogen) atoms. The molecule has 0 bridgehead atoms. The minimum atomic E-state index is -0.389. The minimum Gasteiger partial charge on any atom is -0.391 e. The summed E-state index contributed by atoms with van der Waals surface area (Å²) in [6.45, 7) is 0.895. The summed E-state index contributed by atoms with van der Waals surface area (Å²) in [7, 11) is 5.71. The number of aliphatic hydroxyl groups is 1. The molecule has 5 nitrogen and oxygen atoms in total. The molecule has 1 aromatic rings. The second-order valence-corrected chi connectivity index (χ2v) is 6.00. The molecule has 0 aliphatic heterocycles. The maximum Gasteiger partial charge on any atom is 0.317 e. The van der Waals surface area contributed by atoms with Gasteiger partial charge in [0.1, 0.15) is 0 Å². The molecule has 2 amide bonds. The van der Waals surface area contributed by atoms with Crippen LogP contribution in [-0.2, 0) is 6.54 Å². The van der Waals surface area contributed by atoms with Crippen LogP contribution in [0.4, 0.5) is 10.5 Å². The molecule has 1 atom stereocenters. The van der Waals surface area contributed by atoms with Gasteiger partial charge >= 0.3 is 6.03 Å². The van der Waals surface area contributed by atoms with Gasteiger partial charge in [-0.3, -0.25) is 0 Å². The molecule has 5 heteroatoms. The average Bonchev–Trinajstić information content (AvgIpc) is 3.29. The standard InChI is InChI=1S/C16H25N3O2/c1-18(2)14-8-4-12(5-9-14)10-17-16(21)19(3)11-15(20)13-6-7-13/h4-5,8-9,13,15,20H,6-7,10-11H2,1-3H3,(H,17,21). The quantitative estimate of drug-likeness (QED) is 0.838. The molecule has 1 aliphatic rings.